The van der Waals surface area contributed by atoms with Gasteiger partial charge in [0, 0.05) is 24.0 Å². The smallest absolute Gasteiger partial charge is 0.270 e. The van der Waals surface area contributed by atoms with Crippen molar-refractivity contribution in [2.24, 2.45) is 0 Å². The first-order chi connectivity index (χ1) is 10.8. The summed E-state index contributed by atoms with van der Waals surface area (Å²) in [6, 6.07) is 10.1. The highest BCUT2D eigenvalue weighted by atomic mass is 32.1. The number of thiophene rings is 1. The number of fused-ring (bicyclic) bond motifs is 1. The molecule has 1 fully saturated rings. The summed E-state index contributed by atoms with van der Waals surface area (Å²) < 4.78 is 6.03. The van der Waals surface area contributed by atoms with Gasteiger partial charge in [0.1, 0.15) is 4.70 Å². The lowest BCUT2D eigenvalue weighted by Crippen LogP contribution is -2.38. The van der Waals surface area contributed by atoms with E-state index in [4.69, 9.17) is 9.72 Å². The lowest BCUT2D eigenvalue weighted by Gasteiger charge is -2.27. The van der Waals surface area contributed by atoms with Crippen molar-refractivity contribution in [1.29, 1.82) is 0 Å². The Balaban J connectivity index is 1.86. The lowest BCUT2D eigenvalue weighted by atomic mass is 10.1. The Labute approximate surface area is 131 Å². The molecule has 0 amide bonds. The maximum atomic E-state index is 12.3. The molecule has 0 aliphatic carbocycles. The maximum Gasteiger partial charge on any atom is 0.270 e. The van der Waals surface area contributed by atoms with Gasteiger partial charge >= 0.3 is 0 Å². The zero-order valence-electron chi connectivity index (χ0n) is 11.9. The van der Waals surface area contributed by atoms with Crippen molar-refractivity contribution in [2.45, 2.75) is 0 Å². The molecule has 4 rings (SSSR count). The summed E-state index contributed by atoms with van der Waals surface area (Å²) in [4.78, 5) is 22.0. The van der Waals surface area contributed by atoms with Crippen molar-refractivity contribution in [2.75, 3.05) is 31.2 Å². The molecule has 0 radical (unpaired) electrons. The summed E-state index contributed by atoms with van der Waals surface area (Å²) >= 11 is 1.44. The fraction of sp³-hybridized carbons (Fsp3) is 0.250. The second-order valence-electron chi connectivity index (χ2n) is 5.18. The van der Waals surface area contributed by atoms with E-state index < -0.39 is 0 Å². The van der Waals surface area contributed by atoms with Gasteiger partial charge in [-0.25, -0.2) is 4.98 Å². The quantitative estimate of drug-likeness (QED) is 0.790. The van der Waals surface area contributed by atoms with E-state index in [0.29, 0.717) is 23.9 Å². The van der Waals surface area contributed by atoms with E-state index in [1.165, 1.54) is 11.3 Å². The SMILES string of the molecule is O=c1[nH]c(N2CCOCC2)nc2c(-c3ccccc3)csc12. The first-order valence-corrected chi connectivity index (χ1v) is 8.10. The highest BCUT2D eigenvalue weighted by molar-refractivity contribution is 7.17. The Bertz CT molecular complexity index is 851. The number of aromatic amines is 1. The molecule has 5 nitrogen and oxygen atoms in total. The third-order valence-corrected chi connectivity index (χ3v) is 4.78. The summed E-state index contributed by atoms with van der Waals surface area (Å²) in [6.07, 6.45) is 0. The number of benzene rings is 1. The molecule has 22 heavy (non-hydrogen) atoms. The minimum Gasteiger partial charge on any atom is -0.378 e. The average molecular weight is 313 g/mol. The van der Waals surface area contributed by atoms with Gasteiger partial charge in [0.15, 0.2) is 0 Å². The number of morpholine rings is 1. The van der Waals surface area contributed by atoms with Crippen LogP contribution in [0.5, 0.6) is 0 Å². The van der Waals surface area contributed by atoms with Gasteiger partial charge in [0.2, 0.25) is 5.95 Å². The molecule has 0 saturated carbocycles. The van der Waals surface area contributed by atoms with Crippen molar-refractivity contribution < 1.29 is 4.74 Å². The molecule has 1 aliphatic heterocycles. The molecule has 112 valence electrons. The zero-order valence-corrected chi connectivity index (χ0v) is 12.7. The van der Waals surface area contributed by atoms with Crippen LogP contribution < -0.4 is 10.5 Å². The van der Waals surface area contributed by atoms with Gasteiger partial charge in [-0.15, -0.1) is 11.3 Å². The van der Waals surface area contributed by atoms with E-state index in [0.717, 1.165) is 29.7 Å². The van der Waals surface area contributed by atoms with E-state index in [1.807, 2.05) is 35.7 Å². The van der Waals surface area contributed by atoms with E-state index >= 15 is 0 Å². The Hall–Kier alpha value is -2.18. The maximum absolute atomic E-state index is 12.3. The number of anilines is 1. The fourth-order valence-corrected chi connectivity index (χ4v) is 3.57. The topological polar surface area (TPSA) is 58.2 Å². The third kappa shape index (κ3) is 2.30. The normalized spacial score (nSPS) is 15.4. The summed E-state index contributed by atoms with van der Waals surface area (Å²) in [7, 11) is 0. The molecular weight excluding hydrogens is 298 g/mol. The molecule has 3 aromatic rings. The number of nitrogens with one attached hydrogen (secondary N) is 1. The van der Waals surface area contributed by atoms with Crippen LogP contribution in [0.2, 0.25) is 0 Å². The Morgan fingerprint density at radius 2 is 1.95 bits per heavy atom. The van der Waals surface area contributed by atoms with Crippen LogP contribution in [0.3, 0.4) is 0 Å². The van der Waals surface area contributed by atoms with Gasteiger partial charge in [-0.3, -0.25) is 9.78 Å². The van der Waals surface area contributed by atoms with Crippen LogP contribution in [0.25, 0.3) is 21.3 Å². The van der Waals surface area contributed by atoms with Crippen LogP contribution in [-0.2, 0) is 4.74 Å². The standard InChI is InChI=1S/C16H15N3O2S/c20-15-14-13(12(10-22-14)11-4-2-1-3-5-11)17-16(18-15)19-6-8-21-9-7-19/h1-5,10H,6-9H2,(H,17,18,20). The largest absolute Gasteiger partial charge is 0.378 e. The first-order valence-electron chi connectivity index (χ1n) is 7.22. The highest BCUT2D eigenvalue weighted by Crippen LogP contribution is 2.31. The Morgan fingerprint density at radius 1 is 1.18 bits per heavy atom. The van der Waals surface area contributed by atoms with Crippen molar-refractivity contribution in [3.8, 4) is 11.1 Å². The molecule has 1 aromatic carbocycles. The molecule has 1 aliphatic rings. The predicted molar refractivity (Wildman–Crippen MR) is 88.7 cm³/mol. The molecular formula is C16H15N3O2S. The molecule has 0 atom stereocenters. The van der Waals surface area contributed by atoms with Crippen LogP contribution >= 0.6 is 11.3 Å². The third-order valence-electron chi connectivity index (χ3n) is 3.81. The second kappa shape index (κ2) is 5.55. The summed E-state index contributed by atoms with van der Waals surface area (Å²) in [6.45, 7) is 2.83. The summed E-state index contributed by atoms with van der Waals surface area (Å²) in [5.41, 5.74) is 2.81. The molecule has 3 heterocycles. The second-order valence-corrected chi connectivity index (χ2v) is 6.06. The van der Waals surface area contributed by atoms with Crippen molar-refractivity contribution in [3.05, 3.63) is 46.1 Å². The van der Waals surface area contributed by atoms with Gasteiger partial charge in [-0.1, -0.05) is 30.3 Å². The van der Waals surface area contributed by atoms with Gasteiger partial charge in [-0.05, 0) is 5.56 Å². The Morgan fingerprint density at radius 3 is 2.73 bits per heavy atom. The molecule has 0 bridgehead atoms. The van der Waals surface area contributed by atoms with Crippen molar-refractivity contribution in [3.63, 3.8) is 0 Å². The number of hydrogen-bond donors (Lipinski definition) is 1. The van der Waals surface area contributed by atoms with E-state index in [1.54, 1.807) is 0 Å². The zero-order chi connectivity index (χ0) is 14.9. The minimum absolute atomic E-state index is 0.0707. The van der Waals surface area contributed by atoms with Crippen LogP contribution in [0, 0.1) is 0 Å². The van der Waals surface area contributed by atoms with Gasteiger partial charge < -0.3 is 9.64 Å². The number of rotatable bonds is 2. The van der Waals surface area contributed by atoms with Gasteiger partial charge in [-0.2, -0.15) is 0 Å². The van der Waals surface area contributed by atoms with E-state index in [2.05, 4.69) is 9.88 Å². The molecule has 2 aromatic heterocycles. The number of H-pyrrole nitrogens is 1. The molecule has 0 unspecified atom stereocenters. The lowest BCUT2D eigenvalue weighted by molar-refractivity contribution is 0.122. The number of aromatic nitrogens is 2. The molecule has 0 spiro atoms. The summed E-state index contributed by atoms with van der Waals surface area (Å²) in [5, 5.41) is 2.01. The van der Waals surface area contributed by atoms with Gasteiger partial charge in [0.05, 0.1) is 18.7 Å². The van der Waals surface area contributed by atoms with Crippen molar-refractivity contribution in [1.82, 2.24) is 9.97 Å². The molecule has 1 saturated heterocycles. The van der Waals surface area contributed by atoms with Crippen LogP contribution in [0.1, 0.15) is 0 Å². The van der Waals surface area contributed by atoms with Crippen molar-refractivity contribution >= 4 is 27.5 Å². The van der Waals surface area contributed by atoms with Gasteiger partial charge in [0.25, 0.3) is 5.56 Å². The molecule has 6 heteroatoms. The first kappa shape index (κ1) is 13.5. The van der Waals surface area contributed by atoms with Crippen LogP contribution in [0.15, 0.2) is 40.5 Å². The monoisotopic (exact) mass is 313 g/mol. The highest BCUT2D eigenvalue weighted by Gasteiger charge is 2.17. The predicted octanol–water partition coefficient (Wildman–Crippen LogP) is 2.49. The average Bonchev–Trinajstić information content (AvgIpc) is 3.01. The van der Waals surface area contributed by atoms with Crippen LogP contribution in [-0.4, -0.2) is 36.3 Å². The van der Waals surface area contributed by atoms with Crippen LogP contribution in [0.4, 0.5) is 5.95 Å². The van der Waals surface area contributed by atoms with E-state index in [-0.39, 0.29) is 5.56 Å². The van der Waals surface area contributed by atoms with E-state index in [9.17, 15) is 4.79 Å². The number of hydrogen-bond acceptors (Lipinski definition) is 5. The fourth-order valence-electron chi connectivity index (χ4n) is 2.66. The number of ether oxygens (including phenoxy) is 1. The molecule has 1 N–H and O–H groups in total. The summed E-state index contributed by atoms with van der Waals surface area (Å²) in [5.74, 6) is 0.636. The number of nitrogens with zero attached hydrogens (tertiary/aromatic N) is 2. The Kier molecular flexibility index (Phi) is 3.40. The minimum atomic E-state index is -0.0707.